The Hall–Kier alpha value is -2.85. The van der Waals surface area contributed by atoms with Crippen LogP contribution < -0.4 is 9.47 Å². The van der Waals surface area contributed by atoms with Crippen molar-refractivity contribution in [3.05, 3.63) is 58.6 Å². The van der Waals surface area contributed by atoms with Crippen LogP contribution in [0.2, 0.25) is 5.02 Å². The van der Waals surface area contributed by atoms with Gasteiger partial charge in [0, 0.05) is 22.6 Å². The fourth-order valence-corrected chi connectivity index (χ4v) is 3.07. The number of carbonyl (C=O) groups excluding carboxylic acids is 1. The van der Waals surface area contributed by atoms with Gasteiger partial charge in [0.15, 0.2) is 0 Å². The fourth-order valence-electron chi connectivity index (χ4n) is 2.94. The second kappa shape index (κ2) is 9.11. The van der Waals surface area contributed by atoms with Crippen LogP contribution in [0.25, 0.3) is 0 Å². The molecule has 6 nitrogen and oxygen atoms in total. The predicted octanol–water partition coefficient (Wildman–Crippen LogP) is 4.35. The van der Waals surface area contributed by atoms with Crippen molar-refractivity contribution in [3.8, 4) is 11.5 Å². The van der Waals surface area contributed by atoms with Crippen LogP contribution in [0.5, 0.6) is 11.5 Å². The number of hydrogen-bond donors (Lipinski definition) is 1. The third-order valence-corrected chi connectivity index (χ3v) is 4.82. The van der Waals surface area contributed by atoms with E-state index in [0.717, 1.165) is 0 Å². The maximum atomic E-state index is 13.4. The molecular weight excluding hydrogens is 444 g/mol. The van der Waals surface area contributed by atoms with E-state index in [0.29, 0.717) is 22.1 Å². The van der Waals surface area contributed by atoms with Crippen molar-refractivity contribution in [2.24, 2.45) is 5.10 Å². The monoisotopic (exact) mass is 460 g/mol. The van der Waals surface area contributed by atoms with Gasteiger partial charge in [-0.1, -0.05) is 11.6 Å². The van der Waals surface area contributed by atoms with Gasteiger partial charge in [-0.15, -0.1) is 0 Å². The number of aliphatic hydroxyl groups is 1. The van der Waals surface area contributed by atoms with Crippen LogP contribution in [0.3, 0.4) is 0 Å². The van der Waals surface area contributed by atoms with Gasteiger partial charge in [-0.3, -0.25) is 4.79 Å². The van der Waals surface area contributed by atoms with E-state index in [2.05, 4.69) is 5.10 Å². The summed E-state index contributed by atoms with van der Waals surface area (Å²) in [4.78, 5) is 12.8. The van der Waals surface area contributed by atoms with Gasteiger partial charge in [0.2, 0.25) is 5.72 Å². The van der Waals surface area contributed by atoms with Crippen molar-refractivity contribution >= 4 is 23.2 Å². The summed E-state index contributed by atoms with van der Waals surface area (Å²) >= 11 is 5.82. The van der Waals surface area contributed by atoms with Crippen LogP contribution in [0.4, 0.5) is 17.6 Å². The molecule has 0 aliphatic carbocycles. The van der Waals surface area contributed by atoms with Gasteiger partial charge in [0.1, 0.15) is 23.8 Å². The predicted molar refractivity (Wildman–Crippen MR) is 104 cm³/mol. The topological polar surface area (TPSA) is 71.4 Å². The summed E-state index contributed by atoms with van der Waals surface area (Å²) in [5, 5.41) is 13.9. The molecule has 1 amide bonds. The number of rotatable bonds is 7. The minimum Gasteiger partial charge on any atom is -0.496 e. The molecule has 0 radical (unpaired) electrons. The lowest BCUT2D eigenvalue weighted by Crippen LogP contribution is -2.51. The SMILES string of the molecule is COc1ccc(C(=O)N2N=C(C(F)F)C[C@@]2(O)C(F)F)cc1COc1ccc(Cl)cc1. The molecule has 3 rings (SSSR count). The molecule has 1 aliphatic rings. The average Bonchev–Trinajstić information content (AvgIpc) is 3.12. The Balaban J connectivity index is 1.88. The summed E-state index contributed by atoms with van der Waals surface area (Å²) in [5.41, 5.74) is -3.96. The number of methoxy groups -OCH3 is 1. The number of halogens is 5. The largest absolute Gasteiger partial charge is 0.496 e. The van der Waals surface area contributed by atoms with E-state index in [1.165, 1.54) is 25.3 Å². The standard InChI is InChI=1S/C20H17ClF4N2O4/c1-30-16-7-2-11(8-12(16)10-31-14-5-3-13(21)4-6-14)18(28)27-20(29,19(24)25)9-15(26-27)17(22)23/h2-8,17,19,29H,9-10H2,1H3/t20-/m1/s1. The second-order valence-corrected chi connectivity index (χ2v) is 7.07. The summed E-state index contributed by atoms with van der Waals surface area (Å²) in [6, 6.07) is 10.4. The Morgan fingerprint density at radius 1 is 1.23 bits per heavy atom. The third-order valence-electron chi connectivity index (χ3n) is 4.57. The van der Waals surface area contributed by atoms with E-state index in [4.69, 9.17) is 21.1 Å². The highest BCUT2D eigenvalue weighted by molar-refractivity contribution is 6.30. The summed E-state index contributed by atoms with van der Waals surface area (Å²) in [6.45, 7) is -0.0589. The average molecular weight is 461 g/mol. The number of nitrogens with zero attached hydrogens (tertiary/aromatic N) is 2. The van der Waals surface area contributed by atoms with Crippen LogP contribution in [0, 0.1) is 0 Å². The zero-order valence-electron chi connectivity index (χ0n) is 16.1. The van der Waals surface area contributed by atoms with Gasteiger partial charge in [-0.25, -0.2) is 17.6 Å². The first kappa shape index (κ1) is 22.8. The summed E-state index contributed by atoms with van der Waals surface area (Å²) in [7, 11) is 1.39. The van der Waals surface area contributed by atoms with Gasteiger partial charge >= 0.3 is 0 Å². The number of carbonyl (C=O) groups is 1. The molecule has 1 heterocycles. The normalized spacial score (nSPS) is 18.5. The lowest BCUT2D eigenvalue weighted by Gasteiger charge is -2.30. The molecule has 0 saturated heterocycles. The Bertz CT molecular complexity index is 988. The van der Waals surface area contributed by atoms with Gasteiger partial charge in [0.25, 0.3) is 18.8 Å². The number of hydrogen-bond acceptors (Lipinski definition) is 5. The molecule has 0 fully saturated rings. The molecule has 2 aromatic carbocycles. The molecule has 166 valence electrons. The smallest absolute Gasteiger partial charge is 0.287 e. The molecule has 0 aromatic heterocycles. The molecule has 0 unspecified atom stereocenters. The van der Waals surface area contributed by atoms with Crippen molar-refractivity contribution in [3.63, 3.8) is 0 Å². The van der Waals surface area contributed by atoms with E-state index in [-0.39, 0.29) is 17.2 Å². The number of benzene rings is 2. The molecule has 0 spiro atoms. The first-order chi connectivity index (χ1) is 14.7. The zero-order valence-corrected chi connectivity index (χ0v) is 16.8. The Labute approximate surface area is 179 Å². The first-order valence-corrected chi connectivity index (χ1v) is 9.29. The molecule has 31 heavy (non-hydrogen) atoms. The summed E-state index contributed by atoms with van der Waals surface area (Å²) < 4.78 is 63.6. The summed E-state index contributed by atoms with van der Waals surface area (Å²) in [5.74, 6) is -0.359. The second-order valence-electron chi connectivity index (χ2n) is 6.63. The van der Waals surface area contributed by atoms with Crippen molar-refractivity contribution in [2.75, 3.05) is 7.11 Å². The first-order valence-electron chi connectivity index (χ1n) is 8.91. The third kappa shape index (κ3) is 4.75. The van der Waals surface area contributed by atoms with Crippen molar-refractivity contribution in [1.29, 1.82) is 0 Å². The van der Waals surface area contributed by atoms with Crippen LogP contribution in [-0.4, -0.2) is 47.4 Å². The minimum atomic E-state index is -3.51. The Kier molecular flexibility index (Phi) is 6.71. The van der Waals surface area contributed by atoms with E-state index < -0.39 is 36.6 Å². The van der Waals surface area contributed by atoms with Crippen molar-refractivity contribution in [1.82, 2.24) is 5.01 Å². The number of ether oxygens (including phenoxy) is 2. The lowest BCUT2D eigenvalue weighted by atomic mass is 10.1. The van der Waals surface area contributed by atoms with E-state index in [1.807, 2.05) is 0 Å². The zero-order chi connectivity index (χ0) is 22.8. The molecule has 1 aliphatic heterocycles. The quantitative estimate of drug-likeness (QED) is 0.624. The maximum absolute atomic E-state index is 13.4. The van der Waals surface area contributed by atoms with Crippen LogP contribution >= 0.6 is 11.6 Å². The maximum Gasteiger partial charge on any atom is 0.287 e. The number of hydrazone groups is 1. The molecule has 0 saturated carbocycles. The fraction of sp³-hybridized carbons (Fsp3) is 0.300. The van der Waals surface area contributed by atoms with Crippen LogP contribution in [-0.2, 0) is 6.61 Å². The van der Waals surface area contributed by atoms with Crippen molar-refractivity contribution in [2.45, 2.75) is 31.6 Å². The molecule has 2 aromatic rings. The van der Waals surface area contributed by atoms with Crippen molar-refractivity contribution < 1.29 is 36.9 Å². The van der Waals surface area contributed by atoms with E-state index in [9.17, 15) is 27.5 Å². The Morgan fingerprint density at radius 3 is 2.48 bits per heavy atom. The lowest BCUT2D eigenvalue weighted by molar-refractivity contribution is -0.164. The molecular formula is C20H17ClF4N2O4. The highest BCUT2D eigenvalue weighted by atomic mass is 35.5. The van der Waals surface area contributed by atoms with Gasteiger partial charge in [-0.2, -0.15) is 10.1 Å². The highest BCUT2D eigenvalue weighted by Gasteiger charge is 2.53. The van der Waals surface area contributed by atoms with E-state index >= 15 is 0 Å². The minimum absolute atomic E-state index is 0.00476. The Morgan fingerprint density at radius 2 is 1.90 bits per heavy atom. The highest BCUT2D eigenvalue weighted by Crippen LogP contribution is 2.35. The van der Waals surface area contributed by atoms with Crippen LogP contribution in [0.1, 0.15) is 22.3 Å². The molecule has 11 heteroatoms. The summed E-state index contributed by atoms with van der Waals surface area (Å²) in [6.07, 6.45) is -7.86. The number of amides is 1. The molecule has 1 atom stereocenters. The van der Waals surface area contributed by atoms with Crippen LogP contribution in [0.15, 0.2) is 47.6 Å². The van der Waals surface area contributed by atoms with Gasteiger partial charge in [0.05, 0.1) is 7.11 Å². The molecule has 1 N–H and O–H groups in total. The molecule has 0 bridgehead atoms. The van der Waals surface area contributed by atoms with Gasteiger partial charge in [-0.05, 0) is 42.5 Å². The number of alkyl halides is 4. The van der Waals surface area contributed by atoms with E-state index in [1.54, 1.807) is 24.3 Å². The van der Waals surface area contributed by atoms with Gasteiger partial charge < -0.3 is 14.6 Å².